The van der Waals surface area contributed by atoms with Crippen molar-refractivity contribution in [2.75, 3.05) is 5.32 Å². The Hall–Kier alpha value is -4.67. The fourth-order valence-electron chi connectivity index (χ4n) is 3.51. The van der Waals surface area contributed by atoms with E-state index in [0.717, 1.165) is 36.4 Å². The molecule has 34 heavy (non-hydrogen) atoms. The van der Waals surface area contributed by atoms with Gasteiger partial charge in [0.1, 0.15) is 11.3 Å². The van der Waals surface area contributed by atoms with E-state index in [4.69, 9.17) is 4.42 Å². The van der Waals surface area contributed by atoms with Crippen molar-refractivity contribution >= 4 is 34.5 Å². The quantitative estimate of drug-likeness (QED) is 0.374. The molecule has 2 aromatic carbocycles. The number of carboxylic acid groups (broad SMARTS) is 2. The Morgan fingerprint density at radius 3 is 2.24 bits per heavy atom. The average Bonchev–Trinajstić information content (AvgIpc) is 2.76. The Morgan fingerprint density at radius 1 is 0.853 bits per heavy atom. The number of halogens is 3. The highest BCUT2D eigenvalue weighted by Crippen LogP contribution is 2.42. The highest BCUT2D eigenvalue weighted by molar-refractivity contribution is 6.09. The molecule has 0 bridgehead atoms. The van der Waals surface area contributed by atoms with Gasteiger partial charge in [-0.25, -0.2) is 9.59 Å². The maximum atomic E-state index is 12.6. The van der Waals surface area contributed by atoms with Crippen LogP contribution in [0.5, 0.6) is 0 Å². The molecule has 172 valence electrons. The number of anilines is 1. The molecule has 2 aliphatic rings. The first kappa shape index (κ1) is 22.5. The molecule has 0 unspecified atom stereocenters. The van der Waals surface area contributed by atoms with Crippen molar-refractivity contribution in [1.82, 2.24) is 0 Å². The van der Waals surface area contributed by atoms with Crippen LogP contribution in [-0.2, 0) is 4.79 Å². The summed E-state index contributed by atoms with van der Waals surface area (Å²) in [5.74, 6) is -4.90. The number of carbonyl (C=O) groups is 3. The molecular formula is C23H12F3NO7. The van der Waals surface area contributed by atoms with Gasteiger partial charge < -0.3 is 19.9 Å². The summed E-state index contributed by atoms with van der Waals surface area (Å²) in [4.78, 5) is 46.6. The lowest BCUT2D eigenvalue weighted by atomic mass is 9.89. The third-order valence-corrected chi connectivity index (χ3v) is 4.97. The molecule has 0 spiro atoms. The molecule has 1 heterocycles. The van der Waals surface area contributed by atoms with Crippen LogP contribution in [0.4, 0.5) is 18.9 Å². The molecule has 0 atom stereocenters. The molecule has 0 saturated heterocycles. The molecule has 0 radical (unpaired) electrons. The molecule has 2 aromatic rings. The molecule has 0 saturated carbocycles. The van der Waals surface area contributed by atoms with Crippen molar-refractivity contribution in [3.8, 4) is 22.5 Å². The normalized spacial score (nSPS) is 11.5. The van der Waals surface area contributed by atoms with Crippen molar-refractivity contribution in [2.45, 2.75) is 6.18 Å². The van der Waals surface area contributed by atoms with Gasteiger partial charge in [-0.1, -0.05) is 0 Å². The maximum absolute atomic E-state index is 12.6. The highest BCUT2D eigenvalue weighted by Gasteiger charge is 2.38. The number of carboxylic acids is 2. The maximum Gasteiger partial charge on any atom is 0.471 e. The lowest BCUT2D eigenvalue weighted by Gasteiger charge is -2.18. The molecule has 1 amide bonds. The lowest BCUT2D eigenvalue weighted by molar-refractivity contribution is -0.167. The van der Waals surface area contributed by atoms with Crippen molar-refractivity contribution in [2.24, 2.45) is 0 Å². The van der Waals surface area contributed by atoms with Gasteiger partial charge in [0.2, 0.25) is 0 Å². The molecule has 0 aromatic heterocycles. The number of hydrogen-bond donors (Lipinski definition) is 3. The predicted molar refractivity (Wildman–Crippen MR) is 113 cm³/mol. The van der Waals surface area contributed by atoms with E-state index >= 15 is 0 Å². The van der Waals surface area contributed by atoms with Crippen LogP contribution in [-0.4, -0.2) is 34.2 Å². The fraction of sp³-hybridized carbons (Fsp3) is 0.0435. The third-order valence-electron chi connectivity index (χ3n) is 4.97. The van der Waals surface area contributed by atoms with E-state index in [1.807, 2.05) is 0 Å². The van der Waals surface area contributed by atoms with E-state index in [1.165, 1.54) is 18.2 Å². The van der Waals surface area contributed by atoms with Gasteiger partial charge in [0.15, 0.2) is 5.43 Å². The highest BCUT2D eigenvalue weighted by atomic mass is 19.4. The first-order chi connectivity index (χ1) is 16.0. The monoisotopic (exact) mass is 471 g/mol. The SMILES string of the molecule is O=C(O)c1ccc(C(=O)O)c(-c2c3ccc(=O)cc-3oc3cc(NC(=O)C(F)(F)F)ccc23)c1. The van der Waals surface area contributed by atoms with Crippen molar-refractivity contribution < 1.29 is 42.2 Å². The zero-order chi connectivity index (χ0) is 24.8. The average molecular weight is 471 g/mol. The van der Waals surface area contributed by atoms with Gasteiger partial charge >= 0.3 is 24.0 Å². The van der Waals surface area contributed by atoms with Gasteiger partial charge in [0.05, 0.1) is 11.1 Å². The molecule has 8 nitrogen and oxygen atoms in total. The Labute approximate surface area is 187 Å². The van der Waals surface area contributed by atoms with E-state index < -0.39 is 29.5 Å². The zero-order valence-electron chi connectivity index (χ0n) is 16.8. The van der Waals surface area contributed by atoms with Crippen LogP contribution in [0.2, 0.25) is 0 Å². The molecular weight excluding hydrogens is 459 g/mol. The minimum atomic E-state index is -5.13. The number of rotatable bonds is 4. The Kier molecular flexibility index (Phi) is 5.32. The van der Waals surface area contributed by atoms with Gasteiger partial charge in [-0.2, -0.15) is 13.2 Å². The summed E-state index contributed by atoms with van der Waals surface area (Å²) in [5.41, 5.74) is -0.819. The van der Waals surface area contributed by atoms with Crippen LogP contribution < -0.4 is 10.7 Å². The van der Waals surface area contributed by atoms with E-state index in [9.17, 15) is 42.6 Å². The minimum absolute atomic E-state index is 0.0103. The Bertz CT molecular complexity index is 1520. The molecule has 3 N–H and O–H groups in total. The van der Waals surface area contributed by atoms with Gasteiger partial charge in [-0.05, 0) is 48.0 Å². The number of fused-ring (bicyclic) bond motifs is 2. The van der Waals surface area contributed by atoms with Crippen molar-refractivity contribution in [3.63, 3.8) is 0 Å². The number of hydrogen-bond acceptors (Lipinski definition) is 5. The summed E-state index contributed by atoms with van der Waals surface area (Å²) in [5, 5.41) is 21.0. The summed E-state index contributed by atoms with van der Waals surface area (Å²) in [6.45, 7) is 0. The summed E-state index contributed by atoms with van der Waals surface area (Å²) in [7, 11) is 0. The van der Waals surface area contributed by atoms with Gasteiger partial charge in [0, 0.05) is 34.3 Å². The van der Waals surface area contributed by atoms with E-state index in [1.54, 1.807) is 5.32 Å². The number of benzene rings is 3. The second-order valence-electron chi connectivity index (χ2n) is 7.17. The first-order valence-electron chi connectivity index (χ1n) is 9.45. The molecule has 4 rings (SSSR count). The Balaban J connectivity index is 2.06. The molecule has 1 aliphatic carbocycles. The molecule has 0 fully saturated rings. The summed E-state index contributed by atoms with van der Waals surface area (Å²) in [6, 6.07) is 10.6. The van der Waals surface area contributed by atoms with E-state index in [0.29, 0.717) is 0 Å². The van der Waals surface area contributed by atoms with Crippen LogP contribution in [0.3, 0.4) is 0 Å². The number of aromatic carboxylic acids is 2. The largest absolute Gasteiger partial charge is 0.478 e. The van der Waals surface area contributed by atoms with Gasteiger partial charge in [-0.3, -0.25) is 9.59 Å². The van der Waals surface area contributed by atoms with E-state index in [2.05, 4.69) is 0 Å². The predicted octanol–water partition coefficient (Wildman–Crippen LogP) is 4.46. The van der Waals surface area contributed by atoms with Crippen LogP contribution in [0, 0.1) is 0 Å². The smallest absolute Gasteiger partial charge is 0.471 e. The Morgan fingerprint density at radius 2 is 1.59 bits per heavy atom. The van der Waals surface area contributed by atoms with Crippen LogP contribution >= 0.6 is 0 Å². The second kappa shape index (κ2) is 8.03. The minimum Gasteiger partial charge on any atom is -0.478 e. The van der Waals surface area contributed by atoms with Gasteiger partial charge in [-0.15, -0.1) is 0 Å². The van der Waals surface area contributed by atoms with Crippen LogP contribution in [0.25, 0.3) is 33.4 Å². The number of nitrogens with one attached hydrogen (secondary N) is 1. The van der Waals surface area contributed by atoms with Gasteiger partial charge in [0.25, 0.3) is 0 Å². The topological polar surface area (TPSA) is 134 Å². The van der Waals surface area contributed by atoms with Crippen LogP contribution in [0.1, 0.15) is 20.7 Å². The standard InChI is InChI=1S/C23H12F3NO7/c24-23(25,26)22(33)27-11-2-5-14-17(8-11)34-18-9-12(28)3-6-15(18)19(14)16-7-10(20(29)30)1-4-13(16)21(31)32/h1-9H,(H,27,33)(H,29,30)(H,31,32). The number of amides is 1. The summed E-state index contributed by atoms with van der Waals surface area (Å²) in [6.07, 6.45) is -5.13. The zero-order valence-corrected chi connectivity index (χ0v) is 16.8. The van der Waals surface area contributed by atoms with Crippen molar-refractivity contribution in [3.05, 3.63) is 75.9 Å². The molecule has 11 heteroatoms. The number of alkyl halides is 3. The van der Waals surface area contributed by atoms with E-state index in [-0.39, 0.29) is 50.2 Å². The first-order valence-corrected chi connectivity index (χ1v) is 9.45. The summed E-state index contributed by atoms with van der Waals surface area (Å²) >= 11 is 0. The lowest BCUT2D eigenvalue weighted by Crippen LogP contribution is -2.29. The van der Waals surface area contributed by atoms with Crippen LogP contribution in [0.15, 0.2) is 63.8 Å². The second-order valence-corrected chi connectivity index (χ2v) is 7.17. The molecule has 1 aliphatic heterocycles. The fourth-order valence-corrected chi connectivity index (χ4v) is 3.51. The summed E-state index contributed by atoms with van der Waals surface area (Å²) < 4.78 is 43.6. The van der Waals surface area contributed by atoms with Crippen molar-refractivity contribution in [1.29, 1.82) is 0 Å². The number of carbonyl (C=O) groups excluding carboxylic acids is 1. The third kappa shape index (κ3) is 4.06.